The molecule has 0 aliphatic rings. The molecule has 5 nitrogen and oxygen atoms in total. The van der Waals surface area contributed by atoms with Crippen LogP contribution in [0.3, 0.4) is 0 Å². The van der Waals surface area contributed by atoms with E-state index in [4.69, 9.17) is 0 Å². The van der Waals surface area contributed by atoms with Crippen LogP contribution in [0.4, 0.5) is 17.3 Å². The maximum atomic E-state index is 11.7. The van der Waals surface area contributed by atoms with Gasteiger partial charge in [0.15, 0.2) is 0 Å². The lowest BCUT2D eigenvalue weighted by Gasteiger charge is -2.21. The highest BCUT2D eigenvalue weighted by atomic mass is 16.1. The van der Waals surface area contributed by atoms with Crippen LogP contribution in [0.5, 0.6) is 0 Å². The average molecular weight is 300 g/mol. The summed E-state index contributed by atoms with van der Waals surface area (Å²) in [6, 6.07) is 9.70. The van der Waals surface area contributed by atoms with E-state index in [0.717, 1.165) is 37.3 Å². The third-order valence-electron chi connectivity index (χ3n) is 3.56. The van der Waals surface area contributed by atoms with Gasteiger partial charge in [-0.15, -0.1) is 0 Å². The van der Waals surface area contributed by atoms with Gasteiger partial charge in [-0.2, -0.15) is 0 Å². The van der Waals surface area contributed by atoms with Gasteiger partial charge in [-0.1, -0.05) is 13.3 Å². The lowest BCUT2D eigenvalue weighted by Crippen LogP contribution is -2.21. The zero-order valence-corrected chi connectivity index (χ0v) is 13.5. The molecular formula is C17H24N4O. The van der Waals surface area contributed by atoms with E-state index in [-0.39, 0.29) is 5.56 Å². The van der Waals surface area contributed by atoms with E-state index in [1.807, 2.05) is 12.1 Å². The molecule has 0 aliphatic carbocycles. The summed E-state index contributed by atoms with van der Waals surface area (Å²) in [7, 11) is 0. The fourth-order valence-corrected chi connectivity index (χ4v) is 2.43. The normalized spacial score (nSPS) is 10.5. The Balaban J connectivity index is 2.15. The molecule has 2 aromatic rings. The molecule has 0 saturated heterocycles. The first-order chi connectivity index (χ1) is 10.7. The van der Waals surface area contributed by atoms with Crippen LogP contribution in [0.25, 0.3) is 0 Å². The van der Waals surface area contributed by atoms with Crippen molar-refractivity contribution in [3.8, 4) is 0 Å². The van der Waals surface area contributed by atoms with Gasteiger partial charge in [0.25, 0.3) is 5.56 Å². The van der Waals surface area contributed by atoms with Gasteiger partial charge in [-0.3, -0.25) is 9.78 Å². The Hall–Kier alpha value is -2.30. The Kier molecular flexibility index (Phi) is 5.58. The predicted molar refractivity (Wildman–Crippen MR) is 92.1 cm³/mol. The topological polar surface area (TPSA) is 61.0 Å². The number of hydrogen-bond donors (Lipinski definition) is 2. The van der Waals surface area contributed by atoms with Gasteiger partial charge in [0.1, 0.15) is 0 Å². The lowest BCUT2D eigenvalue weighted by molar-refractivity contribution is 0.866. The van der Waals surface area contributed by atoms with Crippen molar-refractivity contribution in [1.82, 2.24) is 9.97 Å². The van der Waals surface area contributed by atoms with Crippen LogP contribution in [0.2, 0.25) is 0 Å². The number of anilines is 3. The van der Waals surface area contributed by atoms with Gasteiger partial charge in [-0.05, 0) is 44.5 Å². The molecule has 1 aromatic carbocycles. The number of benzene rings is 1. The summed E-state index contributed by atoms with van der Waals surface area (Å²) in [5.74, 6) is 0.492. The standard InChI is InChI=1S/C17H24N4O/c1-4-7-14-12-16(22)20-17(19-14)18-13-8-10-15(11-9-13)21(5-2)6-3/h8-12H,4-7H2,1-3H3,(H2,18,19,20,22). The highest BCUT2D eigenvalue weighted by Gasteiger charge is 2.04. The molecule has 118 valence electrons. The molecule has 0 atom stereocenters. The van der Waals surface area contributed by atoms with Gasteiger partial charge in [-0.25, -0.2) is 4.98 Å². The summed E-state index contributed by atoms with van der Waals surface area (Å²) in [6.07, 6.45) is 1.77. The molecule has 0 spiro atoms. The first-order valence-electron chi connectivity index (χ1n) is 7.88. The zero-order valence-electron chi connectivity index (χ0n) is 13.5. The largest absolute Gasteiger partial charge is 0.372 e. The SMILES string of the molecule is CCCc1cc(=O)[nH]c(Nc2ccc(N(CC)CC)cc2)n1. The minimum atomic E-state index is -0.124. The molecule has 0 unspecified atom stereocenters. The van der Waals surface area contributed by atoms with E-state index in [2.05, 4.69) is 53.1 Å². The Labute approximate surface area is 131 Å². The first kappa shape index (κ1) is 16.1. The zero-order chi connectivity index (χ0) is 15.9. The quantitative estimate of drug-likeness (QED) is 0.823. The third-order valence-corrected chi connectivity index (χ3v) is 3.56. The van der Waals surface area contributed by atoms with E-state index >= 15 is 0 Å². The molecule has 2 rings (SSSR count). The molecule has 0 amide bonds. The molecule has 0 radical (unpaired) electrons. The number of rotatable bonds is 7. The highest BCUT2D eigenvalue weighted by Crippen LogP contribution is 2.19. The third kappa shape index (κ3) is 4.10. The number of hydrogen-bond acceptors (Lipinski definition) is 4. The summed E-state index contributed by atoms with van der Waals surface area (Å²) in [5, 5.41) is 3.16. The molecule has 1 heterocycles. The minimum Gasteiger partial charge on any atom is -0.372 e. The van der Waals surface area contributed by atoms with Gasteiger partial charge >= 0.3 is 0 Å². The fraction of sp³-hybridized carbons (Fsp3) is 0.412. The van der Waals surface area contributed by atoms with Crippen molar-refractivity contribution < 1.29 is 0 Å². The van der Waals surface area contributed by atoms with Crippen LogP contribution in [0.15, 0.2) is 35.1 Å². The maximum absolute atomic E-state index is 11.7. The summed E-state index contributed by atoms with van der Waals surface area (Å²) >= 11 is 0. The second kappa shape index (κ2) is 7.64. The predicted octanol–water partition coefficient (Wildman–Crippen LogP) is 3.31. The maximum Gasteiger partial charge on any atom is 0.252 e. The van der Waals surface area contributed by atoms with Crippen LogP contribution in [-0.4, -0.2) is 23.1 Å². The van der Waals surface area contributed by atoms with E-state index in [1.54, 1.807) is 6.07 Å². The van der Waals surface area contributed by atoms with Crippen molar-refractivity contribution in [2.24, 2.45) is 0 Å². The van der Waals surface area contributed by atoms with Crippen molar-refractivity contribution in [2.45, 2.75) is 33.6 Å². The molecule has 1 aromatic heterocycles. The van der Waals surface area contributed by atoms with Crippen molar-refractivity contribution in [3.05, 3.63) is 46.4 Å². The Morgan fingerprint density at radius 1 is 1.14 bits per heavy atom. The number of aromatic nitrogens is 2. The van der Waals surface area contributed by atoms with Crippen molar-refractivity contribution in [2.75, 3.05) is 23.3 Å². The van der Waals surface area contributed by atoms with Crippen LogP contribution in [-0.2, 0) is 6.42 Å². The number of H-pyrrole nitrogens is 1. The van der Waals surface area contributed by atoms with E-state index in [9.17, 15) is 4.79 Å². The number of aryl methyl sites for hydroxylation is 1. The van der Waals surface area contributed by atoms with Crippen molar-refractivity contribution in [1.29, 1.82) is 0 Å². The summed E-state index contributed by atoms with van der Waals surface area (Å²) in [6.45, 7) is 8.32. The van der Waals surface area contributed by atoms with E-state index < -0.39 is 0 Å². The first-order valence-corrected chi connectivity index (χ1v) is 7.88. The minimum absolute atomic E-state index is 0.124. The van der Waals surface area contributed by atoms with Crippen LogP contribution < -0.4 is 15.8 Å². The van der Waals surface area contributed by atoms with E-state index in [1.165, 1.54) is 5.69 Å². The molecule has 0 saturated carbocycles. The van der Waals surface area contributed by atoms with Gasteiger partial charge in [0, 0.05) is 36.2 Å². The fourth-order valence-electron chi connectivity index (χ4n) is 2.43. The van der Waals surface area contributed by atoms with Crippen molar-refractivity contribution >= 4 is 17.3 Å². The molecular weight excluding hydrogens is 276 g/mol. The number of nitrogens with one attached hydrogen (secondary N) is 2. The van der Waals surface area contributed by atoms with Gasteiger partial charge in [0.05, 0.1) is 0 Å². The second-order valence-corrected chi connectivity index (χ2v) is 5.18. The van der Waals surface area contributed by atoms with E-state index in [0.29, 0.717) is 5.95 Å². The lowest BCUT2D eigenvalue weighted by atomic mass is 10.2. The second-order valence-electron chi connectivity index (χ2n) is 5.18. The smallest absolute Gasteiger partial charge is 0.252 e. The summed E-state index contributed by atoms with van der Waals surface area (Å²) < 4.78 is 0. The van der Waals surface area contributed by atoms with Gasteiger partial charge in [0.2, 0.25) is 5.95 Å². The summed E-state index contributed by atoms with van der Waals surface area (Å²) in [4.78, 5) is 21.1. The average Bonchev–Trinajstić information content (AvgIpc) is 2.50. The number of aromatic amines is 1. The summed E-state index contributed by atoms with van der Waals surface area (Å²) in [5.41, 5.74) is 2.79. The number of nitrogens with zero attached hydrogens (tertiary/aromatic N) is 2. The molecule has 2 N–H and O–H groups in total. The Morgan fingerprint density at radius 2 is 1.82 bits per heavy atom. The van der Waals surface area contributed by atoms with Crippen LogP contribution >= 0.6 is 0 Å². The highest BCUT2D eigenvalue weighted by molar-refractivity contribution is 5.59. The van der Waals surface area contributed by atoms with Crippen LogP contribution in [0, 0.1) is 0 Å². The molecule has 5 heteroatoms. The monoisotopic (exact) mass is 300 g/mol. The van der Waals surface area contributed by atoms with Crippen molar-refractivity contribution in [3.63, 3.8) is 0 Å². The molecule has 22 heavy (non-hydrogen) atoms. The van der Waals surface area contributed by atoms with Gasteiger partial charge < -0.3 is 10.2 Å². The Morgan fingerprint density at radius 3 is 2.41 bits per heavy atom. The Bertz CT molecular complexity index is 644. The molecule has 0 aliphatic heterocycles. The molecule has 0 fully saturated rings. The van der Waals surface area contributed by atoms with Crippen LogP contribution in [0.1, 0.15) is 32.9 Å². The molecule has 0 bridgehead atoms.